The van der Waals surface area contributed by atoms with E-state index in [1.54, 1.807) is 0 Å². The lowest BCUT2D eigenvalue weighted by molar-refractivity contribution is -0.133. The summed E-state index contributed by atoms with van der Waals surface area (Å²) in [6.07, 6.45) is 1.58. The highest BCUT2D eigenvalue weighted by Crippen LogP contribution is 2.71. The van der Waals surface area contributed by atoms with Gasteiger partial charge in [-0.1, -0.05) is 52.8 Å². The van der Waals surface area contributed by atoms with Gasteiger partial charge in [0.05, 0.1) is 0 Å². The Bertz CT molecular complexity index is 912. The van der Waals surface area contributed by atoms with Crippen molar-refractivity contribution in [1.29, 1.82) is 0 Å². The van der Waals surface area contributed by atoms with E-state index in [-0.39, 0.29) is 17.2 Å². The Balaban J connectivity index is 1.48. The van der Waals surface area contributed by atoms with Crippen LogP contribution in [0.1, 0.15) is 57.9 Å². The number of likely N-dealkylation sites (tertiary alicyclic amines) is 1. The summed E-state index contributed by atoms with van der Waals surface area (Å²) in [6, 6.07) is 9.20. The van der Waals surface area contributed by atoms with E-state index >= 15 is 0 Å². The number of benzene rings is 1. The second-order valence-corrected chi connectivity index (χ2v) is 10.2. The standard InChI is InChI=1S/C24H33N3O2/c1-15(2)10-11-18(22(29)27-13-20-23(3,4)24(20,5)14-27)26-21(28)19-12-16-8-6-7-9-17(16)25-19/h6-9,12,15,18,20,25H,10-11,13-14H2,1-5H3,(H,26,28)/t18-,20-,24-/m0/s1. The number of nitrogens with zero attached hydrogens (tertiary/aromatic N) is 1. The van der Waals surface area contributed by atoms with Gasteiger partial charge in [-0.15, -0.1) is 0 Å². The molecule has 5 heteroatoms. The third-order valence-electron chi connectivity index (χ3n) is 7.67. The van der Waals surface area contributed by atoms with Gasteiger partial charge in [0.2, 0.25) is 5.91 Å². The van der Waals surface area contributed by atoms with Crippen LogP contribution in [0, 0.1) is 22.7 Å². The predicted octanol–water partition coefficient (Wildman–Crippen LogP) is 4.21. The molecule has 0 bridgehead atoms. The van der Waals surface area contributed by atoms with Crippen LogP contribution in [-0.4, -0.2) is 40.8 Å². The van der Waals surface area contributed by atoms with Gasteiger partial charge < -0.3 is 15.2 Å². The minimum absolute atomic E-state index is 0.0688. The normalized spacial score (nSPS) is 25.9. The Hall–Kier alpha value is -2.30. The zero-order chi connectivity index (χ0) is 21.0. The molecule has 2 amide bonds. The summed E-state index contributed by atoms with van der Waals surface area (Å²) in [5.41, 5.74) is 1.96. The van der Waals surface area contributed by atoms with Crippen LogP contribution in [0.3, 0.4) is 0 Å². The van der Waals surface area contributed by atoms with E-state index < -0.39 is 6.04 Å². The number of hydrogen-bond donors (Lipinski definition) is 2. The molecule has 3 atom stereocenters. The van der Waals surface area contributed by atoms with Gasteiger partial charge in [0, 0.05) is 24.0 Å². The van der Waals surface area contributed by atoms with E-state index in [1.165, 1.54) is 0 Å². The smallest absolute Gasteiger partial charge is 0.268 e. The van der Waals surface area contributed by atoms with Crippen molar-refractivity contribution >= 4 is 22.7 Å². The van der Waals surface area contributed by atoms with Crippen molar-refractivity contribution in [3.05, 3.63) is 36.0 Å². The molecule has 1 aliphatic carbocycles. The van der Waals surface area contributed by atoms with Crippen molar-refractivity contribution < 1.29 is 9.59 Å². The summed E-state index contributed by atoms with van der Waals surface area (Å²) in [4.78, 5) is 31.4. The van der Waals surface area contributed by atoms with Gasteiger partial charge in [-0.3, -0.25) is 9.59 Å². The number of carbonyl (C=O) groups excluding carboxylic acids is 2. The van der Waals surface area contributed by atoms with Crippen molar-refractivity contribution in [3.63, 3.8) is 0 Å². The van der Waals surface area contributed by atoms with Gasteiger partial charge in [-0.25, -0.2) is 0 Å². The number of amides is 2. The van der Waals surface area contributed by atoms with Crippen molar-refractivity contribution in [2.75, 3.05) is 13.1 Å². The molecule has 1 aromatic heterocycles. The Labute approximate surface area is 173 Å². The second kappa shape index (κ2) is 6.89. The highest BCUT2D eigenvalue weighted by molar-refractivity contribution is 6.00. The number of carbonyl (C=O) groups is 2. The maximum atomic E-state index is 13.3. The molecule has 2 N–H and O–H groups in total. The summed E-state index contributed by atoms with van der Waals surface area (Å²) < 4.78 is 0. The average Bonchev–Trinajstić information content (AvgIpc) is 3.10. The van der Waals surface area contributed by atoms with Crippen molar-refractivity contribution in [2.24, 2.45) is 22.7 Å². The fourth-order valence-corrected chi connectivity index (χ4v) is 5.20. The van der Waals surface area contributed by atoms with Crippen LogP contribution in [0.15, 0.2) is 30.3 Å². The van der Waals surface area contributed by atoms with Crippen molar-refractivity contribution in [2.45, 2.75) is 53.5 Å². The lowest BCUT2D eigenvalue weighted by atomic mass is 9.96. The summed E-state index contributed by atoms with van der Waals surface area (Å²) in [5, 5.41) is 4.03. The van der Waals surface area contributed by atoms with Crippen molar-refractivity contribution in [3.8, 4) is 0 Å². The molecule has 156 valence electrons. The quantitative estimate of drug-likeness (QED) is 0.770. The number of rotatable bonds is 6. The molecule has 2 fully saturated rings. The number of para-hydroxylation sites is 1. The molecular weight excluding hydrogens is 362 g/mol. The molecular formula is C24H33N3O2. The first kappa shape index (κ1) is 20.0. The third kappa shape index (κ3) is 3.34. The number of nitrogens with one attached hydrogen (secondary N) is 2. The van der Waals surface area contributed by atoms with Crippen LogP contribution in [0.25, 0.3) is 10.9 Å². The summed E-state index contributed by atoms with van der Waals surface area (Å²) in [6.45, 7) is 12.8. The monoisotopic (exact) mass is 395 g/mol. The van der Waals surface area contributed by atoms with Gasteiger partial charge in [0.15, 0.2) is 0 Å². The van der Waals surface area contributed by atoms with Crippen LogP contribution in [0.4, 0.5) is 0 Å². The van der Waals surface area contributed by atoms with Crippen LogP contribution in [0.5, 0.6) is 0 Å². The maximum absolute atomic E-state index is 13.3. The lowest BCUT2D eigenvalue weighted by Gasteiger charge is -2.29. The van der Waals surface area contributed by atoms with Crippen LogP contribution >= 0.6 is 0 Å². The highest BCUT2D eigenvalue weighted by atomic mass is 16.2. The molecule has 4 rings (SSSR count). The highest BCUT2D eigenvalue weighted by Gasteiger charge is 2.72. The Morgan fingerprint density at radius 2 is 1.93 bits per heavy atom. The van der Waals surface area contributed by atoms with Gasteiger partial charge in [-0.05, 0) is 47.6 Å². The van der Waals surface area contributed by atoms with E-state index in [2.05, 4.69) is 44.9 Å². The molecule has 2 heterocycles. The Morgan fingerprint density at radius 3 is 2.55 bits per heavy atom. The number of aromatic nitrogens is 1. The van der Waals surface area contributed by atoms with Gasteiger partial charge in [0.1, 0.15) is 11.7 Å². The molecule has 5 nitrogen and oxygen atoms in total. The summed E-state index contributed by atoms with van der Waals surface area (Å²) >= 11 is 0. The largest absolute Gasteiger partial charge is 0.351 e. The third-order valence-corrected chi connectivity index (χ3v) is 7.67. The zero-order valence-electron chi connectivity index (χ0n) is 18.2. The number of H-pyrrole nitrogens is 1. The molecule has 29 heavy (non-hydrogen) atoms. The summed E-state index contributed by atoms with van der Waals surface area (Å²) in [7, 11) is 0. The van der Waals surface area contributed by atoms with Gasteiger partial charge in [-0.2, -0.15) is 0 Å². The molecule has 1 saturated heterocycles. The SMILES string of the molecule is CC(C)CC[C@H](NC(=O)c1cc2ccccc2[nH]1)C(=O)N1C[C@H]2C(C)(C)[C@@]2(C)C1. The Kier molecular flexibility index (Phi) is 4.75. The topological polar surface area (TPSA) is 65.2 Å². The molecule has 1 aliphatic heterocycles. The van der Waals surface area contributed by atoms with E-state index in [4.69, 9.17) is 0 Å². The molecule has 2 aromatic rings. The zero-order valence-corrected chi connectivity index (χ0v) is 18.2. The minimum atomic E-state index is -0.472. The fraction of sp³-hybridized carbons (Fsp3) is 0.583. The van der Waals surface area contributed by atoms with Crippen molar-refractivity contribution in [1.82, 2.24) is 15.2 Å². The molecule has 2 aliphatic rings. The van der Waals surface area contributed by atoms with Gasteiger partial charge >= 0.3 is 0 Å². The van der Waals surface area contributed by atoms with Crippen LogP contribution in [0.2, 0.25) is 0 Å². The molecule has 1 saturated carbocycles. The van der Waals surface area contributed by atoms with Crippen LogP contribution in [-0.2, 0) is 4.79 Å². The first-order valence-corrected chi connectivity index (χ1v) is 10.8. The molecule has 0 radical (unpaired) electrons. The van der Waals surface area contributed by atoms with E-state index in [1.807, 2.05) is 35.2 Å². The molecule has 0 spiro atoms. The second-order valence-electron chi connectivity index (χ2n) is 10.2. The number of aromatic amines is 1. The van der Waals surface area contributed by atoms with E-state index in [0.29, 0.717) is 29.4 Å². The van der Waals surface area contributed by atoms with Gasteiger partial charge in [0.25, 0.3) is 5.91 Å². The number of piperidine rings is 1. The van der Waals surface area contributed by atoms with E-state index in [9.17, 15) is 9.59 Å². The predicted molar refractivity (Wildman–Crippen MR) is 116 cm³/mol. The van der Waals surface area contributed by atoms with Crippen LogP contribution < -0.4 is 5.32 Å². The molecule has 1 aromatic carbocycles. The maximum Gasteiger partial charge on any atom is 0.268 e. The minimum Gasteiger partial charge on any atom is -0.351 e. The lowest BCUT2D eigenvalue weighted by Crippen LogP contribution is -2.49. The average molecular weight is 396 g/mol. The summed E-state index contributed by atoms with van der Waals surface area (Å²) in [5.74, 6) is 0.909. The van der Waals surface area contributed by atoms with E-state index in [0.717, 1.165) is 30.4 Å². The number of hydrogen-bond acceptors (Lipinski definition) is 2. The number of fused-ring (bicyclic) bond motifs is 2. The molecule has 0 unspecified atom stereocenters. The first-order valence-electron chi connectivity index (χ1n) is 10.8. The Morgan fingerprint density at radius 1 is 1.21 bits per heavy atom. The fourth-order valence-electron chi connectivity index (χ4n) is 5.20. The first-order chi connectivity index (χ1) is 13.6.